The quantitative estimate of drug-likeness (QED) is 0.110. The van der Waals surface area contributed by atoms with Gasteiger partial charge < -0.3 is 10.1 Å². The molecule has 0 aromatic heterocycles. The van der Waals surface area contributed by atoms with Gasteiger partial charge in [0.2, 0.25) is 11.6 Å². The van der Waals surface area contributed by atoms with Gasteiger partial charge in [0.1, 0.15) is 17.0 Å². The van der Waals surface area contributed by atoms with Crippen molar-refractivity contribution in [3.8, 4) is 0 Å². The maximum Gasteiger partial charge on any atom is 0.343 e. The minimum absolute atomic E-state index is 0.0586. The fourth-order valence-electron chi connectivity index (χ4n) is 1.97. The number of benzene rings is 1. The Labute approximate surface area is 147 Å². The van der Waals surface area contributed by atoms with E-state index in [1.165, 1.54) is 0 Å². The first-order chi connectivity index (χ1) is 12.2. The minimum Gasteiger partial charge on any atom is -0.462 e. The largest absolute Gasteiger partial charge is 0.462 e. The van der Waals surface area contributed by atoms with E-state index in [2.05, 4.69) is 5.32 Å². The summed E-state index contributed by atoms with van der Waals surface area (Å²) in [5, 5.41) is 13.6. The Morgan fingerprint density at radius 3 is 2.31 bits per heavy atom. The Balaban J connectivity index is 3.62. The van der Waals surface area contributed by atoms with E-state index in [9.17, 15) is 32.9 Å². The van der Waals surface area contributed by atoms with Crippen molar-refractivity contribution < 1.29 is 32.4 Å². The summed E-state index contributed by atoms with van der Waals surface area (Å²) >= 11 is 0. The van der Waals surface area contributed by atoms with Crippen LogP contribution in [0.25, 0.3) is 0 Å². The van der Waals surface area contributed by atoms with E-state index in [0.717, 1.165) is 13.1 Å². The minimum atomic E-state index is -1.98. The van der Waals surface area contributed by atoms with Crippen molar-refractivity contribution in [3.63, 3.8) is 0 Å². The molecule has 0 saturated heterocycles. The van der Waals surface area contributed by atoms with E-state index in [4.69, 9.17) is 4.74 Å². The van der Waals surface area contributed by atoms with Gasteiger partial charge in [-0.15, -0.1) is 0 Å². The number of carbonyl (C=O) groups is 2. The summed E-state index contributed by atoms with van der Waals surface area (Å²) in [5.41, 5.74) is -4.71. The standard InChI is InChI=1S/C16H17F3N2O5/c1-4-6-26-16(23)9(7-20-5-2)15(22)10-11(17)8(3)12(18)13(19)14(10)21(24)25/h7,20H,4-6H2,1-3H3/b9-7+. The Kier molecular flexibility index (Phi) is 7.29. The van der Waals surface area contributed by atoms with Crippen LogP contribution in [0.15, 0.2) is 11.8 Å². The third kappa shape index (κ3) is 4.19. The molecule has 1 N–H and O–H groups in total. The molecule has 0 fully saturated rings. The third-order valence-electron chi connectivity index (χ3n) is 3.28. The zero-order chi connectivity index (χ0) is 20.0. The van der Waals surface area contributed by atoms with Crippen molar-refractivity contribution >= 4 is 17.4 Å². The van der Waals surface area contributed by atoms with Gasteiger partial charge in [-0.3, -0.25) is 14.9 Å². The van der Waals surface area contributed by atoms with Gasteiger partial charge in [0, 0.05) is 18.3 Å². The van der Waals surface area contributed by atoms with Crippen LogP contribution in [-0.2, 0) is 9.53 Å². The molecule has 0 saturated carbocycles. The van der Waals surface area contributed by atoms with Gasteiger partial charge in [-0.2, -0.15) is 4.39 Å². The number of ketones is 1. The van der Waals surface area contributed by atoms with E-state index in [1.807, 2.05) is 0 Å². The number of ether oxygens (including phenoxy) is 1. The SMILES string of the molecule is CCCOC(=O)/C(=C/NCC)C(=O)c1c(F)c(C)c(F)c(F)c1[N+](=O)[O-]. The molecule has 0 aliphatic carbocycles. The lowest BCUT2D eigenvalue weighted by Gasteiger charge is -2.11. The topological polar surface area (TPSA) is 98.5 Å². The monoisotopic (exact) mass is 374 g/mol. The first kappa shape index (κ1) is 21.1. The van der Waals surface area contributed by atoms with E-state index >= 15 is 0 Å². The Morgan fingerprint density at radius 1 is 1.19 bits per heavy atom. The molecule has 26 heavy (non-hydrogen) atoms. The van der Waals surface area contributed by atoms with Crippen LogP contribution in [-0.4, -0.2) is 29.8 Å². The molecule has 142 valence electrons. The molecule has 10 heteroatoms. The zero-order valence-corrected chi connectivity index (χ0v) is 14.3. The highest BCUT2D eigenvalue weighted by atomic mass is 19.2. The summed E-state index contributed by atoms with van der Waals surface area (Å²) in [6, 6.07) is 0. The zero-order valence-electron chi connectivity index (χ0n) is 14.3. The van der Waals surface area contributed by atoms with Crippen LogP contribution in [0, 0.1) is 34.5 Å². The van der Waals surface area contributed by atoms with Crippen molar-refractivity contribution in [3.05, 3.63) is 50.5 Å². The number of hydrogen-bond acceptors (Lipinski definition) is 6. The molecular weight excluding hydrogens is 357 g/mol. The van der Waals surface area contributed by atoms with Gasteiger partial charge in [-0.1, -0.05) is 6.92 Å². The molecule has 7 nitrogen and oxygen atoms in total. The van der Waals surface area contributed by atoms with Crippen LogP contribution >= 0.6 is 0 Å². The van der Waals surface area contributed by atoms with Crippen LogP contribution < -0.4 is 5.32 Å². The van der Waals surface area contributed by atoms with Gasteiger partial charge in [0.05, 0.1) is 11.5 Å². The van der Waals surface area contributed by atoms with Gasteiger partial charge in [-0.05, 0) is 20.3 Å². The second-order valence-electron chi connectivity index (χ2n) is 5.13. The molecule has 0 amide bonds. The molecule has 1 rings (SSSR count). The first-order valence-corrected chi connectivity index (χ1v) is 7.65. The summed E-state index contributed by atoms with van der Waals surface area (Å²) in [4.78, 5) is 34.3. The number of rotatable bonds is 8. The van der Waals surface area contributed by atoms with Gasteiger partial charge in [0.25, 0.3) is 0 Å². The third-order valence-corrected chi connectivity index (χ3v) is 3.28. The highest BCUT2D eigenvalue weighted by Crippen LogP contribution is 2.32. The van der Waals surface area contributed by atoms with Crippen LogP contribution in [0.1, 0.15) is 36.2 Å². The van der Waals surface area contributed by atoms with Crippen molar-refractivity contribution in [2.75, 3.05) is 13.2 Å². The lowest BCUT2D eigenvalue weighted by molar-refractivity contribution is -0.388. The maximum absolute atomic E-state index is 14.4. The number of esters is 1. The predicted octanol–water partition coefficient (Wildman–Crippen LogP) is 2.95. The summed E-state index contributed by atoms with van der Waals surface area (Å²) in [7, 11) is 0. The van der Waals surface area contributed by atoms with E-state index in [0.29, 0.717) is 6.42 Å². The highest BCUT2D eigenvalue weighted by molar-refractivity contribution is 6.25. The van der Waals surface area contributed by atoms with Gasteiger partial charge in [-0.25, -0.2) is 13.6 Å². The van der Waals surface area contributed by atoms with Crippen LogP contribution in [0.3, 0.4) is 0 Å². The molecule has 1 aromatic carbocycles. The van der Waals surface area contributed by atoms with Gasteiger partial charge in [0.15, 0.2) is 5.82 Å². The molecule has 0 aliphatic rings. The second kappa shape index (κ2) is 8.97. The molecule has 0 bridgehead atoms. The number of nitro benzene ring substituents is 1. The molecule has 0 aliphatic heterocycles. The van der Waals surface area contributed by atoms with Crippen LogP contribution in [0.4, 0.5) is 18.9 Å². The molecular formula is C16H17F3N2O5. The lowest BCUT2D eigenvalue weighted by Crippen LogP contribution is -2.22. The summed E-state index contributed by atoms with van der Waals surface area (Å²) in [6.07, 6.45) is 1.31. The fourth-order valence-corrected chi connectivity index (χ4v) is 1.97. The maximum atomic E-state index is 14.4. The molecule has 1 aromatic rings. The Hall–Kier alpha value is -2.91. The number of hydrogen-bond donors (Lipinski definition) is 1. The van der Waals surface area contributed by atoms with Crippen molar-refractivity contribution in [2.24, 2.45) is 0 Å². The number of nitrogens with one attached hydrogen (secondary N) is 1. The number of nitrogens with zero attached hydrogens (tertiary/aromatic N) is 1. The average Bonchev–Trinajstić information content (AvgIpc) is 2.60. The first-order valence-electron chi connectivity index (χ1n) is 7.65. The summed E-state index contributed by atoms with van der Waals surface area (Å²) < 4.78 is 46.8. The predicted molar refractivity (Wildman–Crippen MR) is 85.0 cm³/mol. The number of nitro groups is 1. The van der Waals surface area contributed by atoms with Crippen LogP contribution in [0.5, 0.6) is 0 Å². The fraction of sp³-hybridized carbons (Fsp3) is 0.375. The summed E-state index contributed by atoms with van der Waals surface area (Å²) in [6.45, 7) is 4.33. The van der Waals surface area contributed by atoms with Crippen molar-refractivity contribution in [1.29, 1.82) is 0 Å². The van der Waals surface area contributed by atoms with Crippen molar-refractivity contribution in [2.45, 2.75) is 27.2 Å². The normalized spacial score (nSPS) is 11.2. The summed E-state index contributed by atoms with van der Waals surface area (Å²) in [5.74, 6) is -8.04. The Morgan fingerprint density at radius 2 is 1.81 bits per heavy atom. The second-order valence-corrected chi connectivity index (χ2v) is 5.13. The van der Waals surface area contributed by atoms with Crippen LogP contribution in [0.2, 0.25) is 0 Å². The Bertz CT molecular complexity index is 778. The van der Waals surface area contributed by atoms with Crippen molar-refractivity contribution in [1.82, 2.24) is 5.32 Å². The molecule has 0 heterocycles. The molecule has 0 spiro atoms. The number of carbonyl (C=O) groups excluding carboxylic acids is 2. The van der Waals surface area contributed by atoms with E-state index in [-0.39, 0.29) is 13.2 Å². The smallest absolute Gasteiger partial charge is 0.343 e. The molecule has 0 unspecified atom stereocenters. The highest BCUT2D eigenvalue weighted by Gasteiger charge is 2.37. The average molecular weight is 374 g/mol. The van der Waals surface area contributed by atoms with E-state index in [1.54, 1.807) is 13.8 Å². The molecule has 0 atom stereocenters. The number of Topliss-reactive ketones (excluding diaryl/α,β-unsaturated/α-hetero) is 1. The van der Waals surface area contributed by atoms with Gasteiger partial charge >= 0.3 is 11.7 Å². The lowest BCUT2D eigenvalue weighted by atomic mass is 9.98. The number of halogens is 3. The van der Waals surface area contributed by atoms with E-state index < -0.39 is 56.5 Å². The molecule has 0 radical (unpaired) electrons.